The van der Waals surface area contributed by atoms with Crippen molar-refractivity contribution in [1.82, 2.24) is 0 Å². The fourth-order valence-corrected chi connectivity index (χ4v) is 4.48. The number of rotatable bonds is 3. The van der Waals surface area contributed by atoms with E-state index in [1.807, 2.05) is 39.0 Å². The summed E-state index contributed by atoms with van der Waals surface area (Å²) in [7, 11) is -1.12. The van der Waals surface area contributed by atoms with Gasteiger partial charge >= 0.3 is 0 Å². The van der Waals surface area contributed by atoms with Gasteiger partial charge in [0.1, 0.15) is 0 Å². The fourth-order valence-electron chi connectivity index (χ4n) is 3.09. The summed E-state index contributed by atoms with van der Waals surface area (Å²) in [6, 6.07) is 8.02. The molecule has 0 saturated heterocycles. The Hall–Kier alpha value is -1.74. The number of hydrogen-bond donors (Lipinski definition) is 0. The number of hydrogen-bond acceptors (Lipinski definition) is 2. The van der Waals surface area contributed by atoms with Crippen LogP contribution in [0, 0.1) is 0 Å². The first kappa shape index (κ1) is 15.6. The molecule has 0 spiro atoms. The molecular formula is C18H22O2Si. The maximum atomic E-state index is 11.8. The van der Waals surface area contributed by atoms with Gasteiger partial charge in [0, 0.05) is 11.1 Å². The van der Waals surface area contributed by atoms with Crippen molar-refractivity contribution in [2.75, 3.05) is 0 Å². The monoisotopic (exact) mass is 298 g/mol. The van der Waals surface area contributed by atoms with E-state index in [0.29, 0.717) is 11.1 Å². The molecule has 0 heterocycles. The van der Waals surface area contributed by atoms with Crippen LogP contribution in [0.2, 0.25) is 13.1 Å². The molecule has 0 bridgehead atoms. The Bertz CT molecular complexity index is 666. The highest BCUT2D eigenvalue weighted by Crippen LogP contribution is 2.40. The molecule has 0 fully saturated rings. The fraction of sp³-hybridized carbons (Fsp3) is 0.333. The summed E-state index contributed by atoms with van der Waals surface area (Å²) in [6.45, 7) is 10.6. The van der Waals surface area contributed by atoms with Gasteiger partial charge in [-0.2, -0.15) is 0 Å². The summed E-state index contributed by atoms with van der Waals surface area (Å²) in [6.07, 6.45) is 1.83. The Kier molecular flexibility index (Phi) is 4.15. The van der Waals surface area contributed by atoms with Gasteiger partial charge in [0.15, 0.2) is 12.6 Å². The Balaban J connectivity index is 3.04. The maximum Gasteiger partial charge on any atom is 0.150 e. The molecule has 0 aromatic rings. The lowest BCUT2D eigenvalue weighted by Crippen LogP contribution is -2.24. The van der Waals surface area contributed by atoms with Gasteiger partial charge in [0.05, 0.1) is 8.80 Å². The summed E-state index contributed by atoms with van der Waals surface area (Å²) in [5.74, 6) is 0. The summed E-state index contributed by atoms with van der Waals surface area (Å²) in [5.41, 5.74) is 3.92. The van der Waals surface area contributed by atoms with E-state index < -0.39 is 8.80 Å². The van der Waals surface area contributed by atoms with E-state index in [2.05, 4.69) is 19.2 Å². The van der Waals surface area contributed by atoms with E-state index in [1.165, 1.54) is 5.19 Å². The van der Waals surface area contributed by atoms with Crippen molar-refractivity contribution in [2.45, 2.75) is 39.3 Å². The second-order valence-corrected chi connectivity index (χ2v) is 9.74. The van der Waals surface area contributed by atoms with Crippen LogP contribution in [0.15, 0.2) is 24.3 Å². The van der Waals surface area contributed by atoms with E-state index in [1.54, 1.807) is 0 Å². The summed E-state index contributed by atoms with van der Waals surface area (Å²) in [4.78, 5) is 23.5. The second-order valence-electron chi connectivity index (χ2n) is 6.81. The van der Waals surface area contributed by atoms with Crippen LogP contribution in [0.1, 0.15) is 47.1 Å². The van der Waals surface area contributed by atoms with Gasteiger partial charge in [-0.25, -0.2) is 0 Å². The van der Waals surface area contributed by atoms with E-state index in [-0.39, 0.29) is 5.41 Å². The van der Waals surface area contributed by atoms with Crippen LogP contribution in [0.25, 0.3) is 11.1 Å². The van der Waals surface area contributed by atoms with Crippen molar-refractivity contribution >= 4 is 26.6 Å². The molecular weight excluding hydrogens is 276 g/mol. The van der Waals surface area contributed by atoms with E-state index in [4.69, 9.17) is 0 Å². The zero-order chi connectivity index (χ0) is 15.8. The highest BCUT2D eigenvalue weighted by atomic mass is 28.3. The molecule has 110 valence electrons. The van der Waals surface area contributed by atoms with Gasteiger partial charge in [-0.15, -0.1) is 0 Å². The normalized spacial score (nSPS) is 11.9. The van der Waals surface area contributed by atoms with Crippen LogP contribution in [0.4, 0.5) is 0 Å². The number of carbonyl (C=O) groups excluding carboxylic acids is 2. The zero-order valence-electron chi connectivity index (χ0n) is 13.4. The molecule has 2 aliphatic rings. The summed E-state index contributed by atoms with van der Waals surface area (Å²) < 4.78 is 0. The molecule has 0 N–H and O–H groups in total. The average Bonchev–Trinajstić information content (AvgIpc) is 2.55. The van der Waals surface area contributed by atoms with Crippen molar-refractivity contribution in [1.29, 1.82) is 0 Å². The smallest absolute Gasteiger partial charge is 0.150 e. The lowest BCUT2D eigenvalue weighted by atomic mass is 9.84. The average molecular weight is 298 g/mol. The van der Waals surface area contributed by atoms with Crippen LogP contribution >= 0.6 is 0 Å². The quantitative estimate of drug-likeness (QED) is 0.643. The standard InChI is InChI=1S/C18H22O2Si/c1-18(2,3)17-13(10-19)12-8-6-7-9-15(21(4)5)16(12)14(17)11-20/h6-11,21H,1-5H3. The van der Waals surface area contributed by atoms with Crippen molar-refractivity contribution in [3.8, 4) is 11.1 Å². The van der Waals surface area contributed by atoms with Crippen molar-refractivity contribution in [3.05, 3.63) is 41.0 Å². The minimum atomic E-state index is -1.12. The molecule has 0 amide bonds. The number of aldehydes is 2. The topological polar surface area (TPSA) is 34.1 Å². The third-order valence-corrected chi connectivity index (χ3v) is 5.64. The Morgan fingerprint density at radius 1 is 0.952 bits per heavy atom. The third kappa shape index (κ3) is 2.58. The second kappa shape index (κ2) is 5.56. The first-order valence-electron chi connectivity index (χ1n) is 7.32. The highest BCUT2D eigenvalue weighted by molar-refractivity contribution is 6.72. The van der Waals surface area contributed by atoms with Crippen molar-refractivity contribution in [3.63, 3.8) is 0 Å². The van der Waals surface area contributed by atoms with Gasteiger partial charge in [0.2, 0.25) is 0 Å². The van der Waals surface area contributed by atoms with Gasteiger partial charge in [-0.1, -0.05) is 63.3 Å². The largest absolute Gasteiger partial charge is 0.298 e. The van der Waals surface area contributed by atoms with Crippen LogP contribution in [-0.2, 0) is 5.41 Å². The Labute approximate surface area is 128 Å². The lowest BCUT2D eigenvalue weighted by molar-refractivity contribution is 0.112. The SMILES string of the molecule is C[SiH](C)c1ccccc2c(C=O)c(C(C)(C)C)c(C=O)c1-2. The minimum Gasteiger partial charge on any atom is -0.298 e. The van der Waals surface area contributed by atoms with E-state index in [0.717, 1.165) is 29.3 Å². The molecule has 2 nitrogen and oxygen atoms in total. The molecule has 21 heavy (non-hydrogen) atoms. The zero-order valence-corrected chi connectivity index (χ0v) is 14.5. The lowest BCUT2D eigenvalue weighted by Gasteiger charge is -2.19. The van der Waals surface area contributed by atoms with E-state index >= 15 is 0 Å². The molecule has 0 unspecified atom stereocenters. The van der Waals surface area contributed by atoms with Crippen LogP contribution < -0.4 is 5.19 Å². The van der Waals surface area contributed by atoms with Crippen LogP contribution in [0.5, 0.6) is 0 Å². The molecule has 0 aliphatic heterocycles. The third-order valence-electron chi connectivity index (χ3n) is 3.91. The molecule has 2 rings (SSSR count). The molecule has 0 radical (unpaired) electrons. The summed E-state index contributed by atoms with van der Waals surface area (Å²) >= 11 is 0. The molecule has 0 atom stereocenters. The highest BCUT2D eigenvalue weighted by Gasteiger charge is 2.31. The first-order chi connectivity index (χ1) is 9.82. The molecule has 2 aliphatic carbocycles. The maximum absolute atomic E-state index is 11.8. The molecule has 0 aromatic carbocycles. The molecule has 0 aromatic heterocycles. The summed E-state index contributed by atoms with van der Waals surface area (Å²) in [5, 5.41) is 1.25. The van der Waals surface area contributed by atoms with Crippen molar-refractivity contribution in [2.24, 2.45) is 0 Å². The predicted molar refractivity (Wildman–Crippen MR) is 91.1 cm³/mol. The number of carbonyl (C=O) groups is 2. The first-order valence-corrected chi connectivity index (χ1v) is 10.2. The van der Waals surface area contributed by atoms with Gasteiger partial charge in [0.25, 0.3) is 0 Å². The van der Waals surface area contributed by atoms with Crippen LogP contribution in [0.3, 0.4) is 0 Å². The van der Waals surface area contributed by atoms with Gasteiger partial charge in [-0.3, -0.25) is 9.59 Å². The number of fused-ring (bicyclic) bond motifs is 1. The Morgan fingerprint density at radius 3 is 2.00 bits per heavy atom. The van der Waals surface area contributed by atoms with Crippen LogP contribution in [-0.4, -0.2) is 21.4 Å². The minimum absolute atomic E-state index is 0.236. The van der Waals surface area contributed by atoms with E-state index in [9.17, 15) is 9.59 Å². The predicted octanol–water partition coefficient (Wildman–Crippen LogP) is 3.41. The molecule has 3 heteroatoms. The van der Waals surface area contributed by atoms with Crippen molar-refractivity contribution < 1.29 is 9.59 Å². The Morgan fingerprint density at radius 2 is 1.52 bits per heavy atom. The van der Waals surface area contributed by atoms with Gasteiger partial charge < -0.3 is 0 Å². The molecule has 0 saturated carbocycles. The van der Waals surface area contributed by atoms with Gasteiger partial charge in [-0.05, 0) is 22.1 Å².